The predicted octanol–water partition coefficient (Wildman–Crippen LogP) is 1.19. The summed E-state index contributed by atoms with van der Waals surface area (Å²) in [7, 11) is 13.7. The van der Waals surface area contributed by atoms with E-state index in [1.54, 1.807) is 0 Å². The maximum absolute atomic E-state index is 5.40. The Balaban J connectivity index is 3.36. The molecule has 0 saturated heterocycles. The van der Waals surface area contributed by atoms with Crippen molar-refractivity contribution in [1.29, 1.82) is 0 Å². The van der Waals surface area contributed by atoms with Crippen molar-refractivity contribution in [3.05, 3.63) is 0 Å². The van der Waals surface area contributed by atoms with Crippen LogP contribution in [-0.4, -0.2) is 26.6 Å². The third kappa shape index (κ3) is 3.63. The Labute approximate surface area is 54.2 Å². The van der Waals surface area contributed by atoms with Gasteiger partial charge in [-0.25, -0.2) is 0 Å². The van der Waals surface area contributed by atoms with E-state index < -0.39 is 12.4 Å². The van der Waals surface area contributed by atoms with Crippen LogP contribution in [0, 0.1) is 0 Å². The van der Waals surface area contributed by atoms with Crippen LogP contribution in [0.1, 0.15) is 0 Å². The molecule has 0 saturated carbocycles. The normalized spacial score (nSPS) is 12.0. The minimum atomic E-state index is -3.00. The van der Waals surface area contributed by atoms with Gasteiger partial charge in [0, 0.05) is 0 Å². The Hall–Kier alpha value is 1.06. The molecule has 0 rings (SSSR count). The molecule has 0 aliphatic carbocycles. The second-order valence-corrected chi connectivity index (χ2v) is 9.58. The average Bonchev–Trinajstić information content (AvgIpc) is 1.68. The van der Waals surface area contributed by atoms with Crippen LogP contribution in [0.25, 0.3) is 0 Å². The molecule has 0 aromatic carbocycles. The zero-order valence-electron chi connectivity index (χ0n) is 4.02. The van der Waals surface area contributed by atoms with Crippen molar-refractivity contribution in [2.24, 2.45) is 0 Å². The summed E-state index contributed by atoms with van der Waals surface area (Å²) in [5.41, 5.74) is 0. The van der Waals surface area contributed by atoms with Gasteiger partial charge in [0.1, 0.15) is 0 Å². The zero-order valence-corrected chi connectivity index (χ0v) is 7.41. The Morgan fingerprint density at radius 2 is 1.43 bits per heavy atom. The van der Waals surface area contributed by atoms with Gasteiger partial charge in [-0.2, -0.15) is 0 Å². The van der Waals surface area contributed by atoms with Gasteiger partial charge in [-0.05, 0) is 0 Å². The number of rotatable bonds is 2. The first-order valence-corrected chi connectivity index (χ1v) is 7.98. The first-order valence-electron chi connectivity index (χ1n) is 1.52. The van der Waals surface area contributed by atoms with Gasteiger partial charge < -0.3 is 0 Å². The molecule has 2 nitrogen and oxygen atoms in total. The summed E-state index contributed by atoms with van der Waals surface area (Å²) < 4.78 is 9.13. The van der Waals surface area contributed by atoms with Crippen molar-refractivity contribution >= 4 is 32.3 Å². The van der Waals surface area contributed by atoms with Crippen molar-refractivity contribution in [2.75, 3.05) is 14.2 Å². The molecular weight excluding hydrogens is 202 g/mol. The fourth-order valence-electron chi connectivity index (χ4n) is 0.0745. The summed E-state index contributed by atoms with van der Waals surface area (Å²) in [6.07, 6.45) is 0. The molecule has 0 aliphatic rings. The van der Waals surface area contributed by atoms with Crippen LogP contribution in [0.2, 0.25) is 0 Å². The van der Waals surface area contributed by atoms with Gasteiger partial charge in [0.25, 0.3) is 0 Å². The van der Waals surface area contributed by atoms with E-state index in [-0.39, 0.29) is 0 Å². The molecule has 1 radical (unpaired) electrons. The first-order chi connectivity index (χ1) is 3.12. The minimum absolute atomic E-state index is 1.43. The molecule has 0 bridgehead atoms. The van der Waals surface area contributed by atoms with Crippen LogP contribution in [0.5, 0.6) is 0 Å². The summed E-state index contributed by atoms with van der Waals surface area (Å²) in [5, 5.41) is 0. The second-order valence-electron chi connectivity index (χ2n) is 0.780. The maximum atomic E-state index is 5.40. The molecule has 0 aromatic heterocycles. The van der Waals surface area contributed by atoms with Gasteiger partial charge in [0.15, 0.2) is 0 Å². The van der Waals surface area contributed by atoms with E-state index in [0.717, 1.165) is 0 Å². The number of halogens is 2. The molecule has 45 valence electrons. The van der Waals surface area contributed by atoms with Gasteiger partial charge in [-0.1, -0.05) is 0 Å². The molecule has 0 aliphatic heterocycles. The molecule has 0 heterocycles. The van der Waals surface area contributed by atoms with E-state index in [9.17, 15) is 0 Å². The Bertz CT molecular complexity index is 51.7. The molecule has 0 spiro atoms. The van der Waals surface area contributed by atoms with Crippen LogP contribution in [0.3, 0.4) is 0 Å². The van der Waals surface area contributed by atoms with Gasteiger partial charge in [-0.15, -0.1) is 0 Å². The summed E-state index contributed by atoms with van der Waals surface area (Å²) in [6, 6.07) is 0. The van der Waals surface area contributed by atoms with Crippen LogP contribution in [0.15, 0.2) is 0 Å². The molecule has 0 atom stereocenters. The standard InChI is InChI=1S/C2H6AsCl2O2/c1-6-3(4,5)7-2/h1-2H3. The third-order valence-corrected chi connectivity index (χ3v) is 5.08. The van der Waals surface area contributed by atoms with E-state index in [1.807, 2.05) is 0 Å². The van der Waals surface area contributed by atoms with Crippen LogP contribution < -0.4 is 0 Å². The van der Waals surface area contributed by atoms with Crippen LogP contribution in [0.4, 0.5) is 0 Å². The first kappa shape index (κ1) is 8.06. The SMILES string of the molecule is CO[As](Cl)(Cl)OC. The topological polar surface area (TPSA) is 18.5 Å². The Morgan fingerprint density at radius 1 is 1.14 bits per heavy atom. The van der Waals surface area contributed by atoms with E-state index >= 15 is 0 Å². The van der Waals surface area contributed by atoms with Gasteiger partial charge in [-0.3, -0.25) is 0 Å². The van der Waals surface area contributed by atoms with E-state index in [4.69, 9.17) is 19.9 Å². The van der Waals surface area contributed by atoms with Crippen LogP contribution in [-0.2, 0) is 7.45 Å². The van der Waals surface area contributed by atoms with Crippen molar-refractivity contribution in [2.45, 2.75) is 0 Å². The molecular formula is C2H6AsCl2O2. The number of hydrogen-bond acceptors (Lipinski definition) is 2. The molecule has 0 aromatic rings. The van der Waals surface area contributed by atoms with E-state index in [0.29, 0.717) is 0 Å². The summed E-state index contributed by atoms with van der Waals surface area (Å²) in [4.78, 5) is 0. The van der Waals surface area contributed by atoms with Gasteiger partial charge >= 0.3 is 53.9 Å². The molecule has 0 amide bonds. The molecule has 0 unspecified atom stereocenters. The van der Waals surface area contributed by atoms with Gasteiger partial charge in [0.05, 0.1) is 0 Å². The predicted molar refractivity (Wildman–Crippen MR) is 31.5 cm³/mol. The quantitative estimate of drug-likeness (QED) is 0.634. The summed E-state index contributed by atoms with van der Waals surface area (Å²) in [5.74, 6) is 0. The second kappa shape index (κ2) is 3.16. The monoisotopic (exact) mass is 207 g/mol. The zero-order chi connectivity index (χ0) is 5.91. The van der Waals surface area contributed by atoms with E-state index in [2.05, 4.69) is 7.45 Å². The van der Waals surface area contributed by atoms with Crippen LogP contribution >= 0.6 is 19.9 Å². The Kier molecular flexibility index (Phi) is 3.63. The van der Waals surface area contributed by atoms with Crippen molar-refractivity contribution < 1.29 is 7.45 Å². The average molecular weight is 208 g/mol. The number of hydrogen-bond donors (Lipinski definition) is 0. The third-order valence-electron chi connectivity index (χ3n) is 0.425. The molecule has 0 fully saturated rings. The molecule has 7 heavy (non-hydrogen) atoms. The van der Waals surface area contributed by atoms with Crippen molar-refractivity contribution in [1.82, 2.24) is 0 Å². The fraction of sp³-hybridized carbons (Fsp3) is 1.00. The molecule has 0 N–H and O–H groups in total. The molecule has 5 heteroatoms. The fourth-order valence-corrected chi connectivity index (χ4v) is 0.387. The van der Waals surface area contributed by atoms with E-state index in [1.165, 1.54) is 14.2 Å². The van der Waals surface area contributed by atoms with Crippen molar-refractivity contribution in [3.8, 4) is 0 Å². The Morgan fingerprint density at radius 3 is 1.43 bits per heavy atom. The van der Waals surface area contributed by atoms with Gasteiger partial charge in [0.2, 0.25) is 0 Å². The summed E-state index contributed by atoms with van der Waals surface area (Å²) >= 11 is -3.00. The van der Waals surface area contributed by atoms with Crippen molar-refractivity contribution in [3.63, 3.8) is 0 Å². The summed E-state index contributed by atoms with van der Waals surface area (Å²) in [6.45, 7) is 0.